The van der Waals surface area contributed by atoms with Gasteiger partial charge in [-0.1, -0.05) is 42.1 Å². The predicted molar refractivity (Wildman–Crippen MR) is 130 cm³/mol. The maximum atomic E-state index is 12.9. The molecule has 0 spiro atoms. The minimum atomic E-state index is -0.209. The van der Waals surface area contributed by atoms with Gasteiger partial charge in [-0.05, 0) is 60.9 Å². The van der Waals surface area contributed by atoms with Gasteiger partial charge in [0, 0.05) is 28.7 Å². The number of aromatic nitrogens is 1. The van der Waals surface area contributed by atoms with Crippen LogP contribution in [0.2, 0.25) is 0 Å². The van der Waals surface area contributed by atoms with Crippen molar-refractivity contribution in [2.75, 3.05) is 10.6 Å². The molecule has 0 aliphatic heterocycles. The highest BCUT2D eigenvalue weighted by Crippen LogP contribution is 2.27. The van der Waals surface area contributed by atoms with Crippen LogP contribution in [-0.4, -0.2) is 23.0 Å². The van der Waals surface area contributed by atoms with Gasteiger partial charge in [-0.2, -0.15) is 0 Å². The van der Waals surface area contributed by atoms with Gasteiger partial charge in [0.2, 0.25) is 0 Å². The summed E-state index contributed by atoms with van der Waals surface area (Å²) in [6.07, 6.45) is 2.07. The van der Waals surface area contributed by atoms with Crippen LogP contribution in [0.4, 0.5) is 16.2 Å². The molecule has 1 heterocycles. The fourth-order valence-electron chi connectivity index (χ4n) is 3.34. The Morgan fingerprint density at radius 3 is 2.36 bits per heavy atom. The Kier molecular flexibility index (Phi) is 5.99. The zero-order valence-corrected chi connectivity index (χ0v) is 18.5. The van der Waals surface area contributed by atoms with E-state index in [-0.39, 0.29) is 11.9 Å². The number of fused-ring (bicyclic) bond motifs is 1. The zero-order valence-electron chi connectivity index (χ0n) is 17.7. The molecule has 1 aromatic heterocycles. The van der Waals surface area contributed by atoms with E-state index < -0.39 is 0 Å². The van der Waals surface area contributed by atoms with Gasteiger partial charge < -0.3 is 20.4 Å². The summed E-state index contributed by atoms with van der Waals surface area (Å²) in [4.78, 5) is 29.3. The van der Waals surface area contributed by atoms with Gasteiger partial charge in [0.05, 0.1) is 0 Å². The normalized spacial score (nSPS) is 13.0. The summed E-state index contributed by atoms with van der Waals surface area (Å²) in [5.74, 6) is 0.353. The van der Waals surface area contributed by atoms with Crippen molar-refractivity contribution in [3.8, 4) is 0 Å². The van der Waals surface area contributed by atoms with E-state index in [2.05, 4.69) is 20.9 Å². The number of carbonyl (C=O) groups is 2. The van der Waals surface area contributed by atoms with Crippen molar-refractivity contribution in [3.05, 3.63) is 83.9 Å². The lowest BCUT2D eigenvalue weighted by atomic mass is 10.1. The summed E-state index contributed by atoms with van der Waals surface area (Å²) < 4.78 is 5.77. The van der Waals surface area contributed by atoms with Gasteiger partial charge in [0.25, 0.3) is 11.1 Å². The Labute approximate surface area is 195 Å². The molecule has 0 bridgehead atoms. The minimum absolute atomic E-state index is 0.198. The highest BCUT2D eigenvalue weighted by Gasteiger charge is 2.23. The number of oxazole rings is 1. The van der Waals surface area contributed by atoms with Crippen molar-refractivity contribution in [3.63, 3.8) is 0 Å². The molecule has 0 atom stereocenters. The molecule has 1 saturated carbocycles. The van der Waals surface area contributed by atoms with E-state index in [4.69, 9.17) is 4.42 Å². The lowest BCUT2D eigenvalue weighted by Gasteiger charge is -2.11. The number of nitrogens with zero attached hydrogens (tertiary/aromatic N) is 1. The number of para-hydroxylation sites is 2. The van der Waals surface area contributed by atoms with Crippen LogP contribution < -0.4 is 16.0 Å². The van der Waals surface area contributed by atoms with Crippen LogP contribution in [0.25, 0.3) is 11.1 Å². The molecule has 7 nitrogen and oxygen atoms in total. The van der Waals surface area contributed by atoms with Crippen LogP contribution in [0.5, 0.6) is 0 Å². The highest BCUT2D eigenvalue weighted by molar-refractivity contribution is 7.98. The molecule has 33 heavy (non-hydrogen) atoms. The van der Waals surface area contributed by atoms with E-state index >= 15 is 0 Å². The molecule has 3 N–H and O–H groups in total. The average molecular weight is 459 g/mol. The summed E-state index contributed by atoms with van der Waals surface area (Å²) in [5, 5.41) is 9.17. The SMILES string of the molecule is O=C(Nc1ccc(NC(=O)c2ccccc2CSc2nc3ccccc3o2)cc1)NC1CC1. The molecule has 0 unspecified atom stereocenters. The van der Waals surface area contributed by atoms with Crippen LogP contribution in [-0.2, 0) is 5.75 Å². The molecule has 0 radical (unpaired) electrons. The number of benzene rings is 3. The maximum Gasteiger partial charge on any atom is 0.319 e. The number of urea groups is 1. The molecular formula is C25H22N4O3S. The number of nitrogens with one attached hydrogen (secondary N) is 3. The molecule has 3 amide bonds. The fourth-order valence-corrected chi connectivity index (χ4v) is 4.18. The Balaban J connectivity index is 1.22. The molecule has 5 rings (SSSR count). The van der Waals surface area contributed by atoms with Crippen molar-refractivity contribution in [1.82, 2.24) is 10.3 Å². The van der Waals surface area contributed by atoms with E-state index in [1.165, 1.54) is 11.8 Å². The summed E-state index contributed by atoms with van der Waals surface area (Å²) in [7, 11) is 0. The number of carbonyl (C=O) groups excluding carboxylic acids is 2. The molecular weight excluding hydrogens is 436 g/mol. The second-order valence-electron chi connectivity index (χ2n) is 7.80. The van der Waals surface area contributed by atoms with Crippen LogP contribution in [0.3, 0.4) is 0 Å². The number of thioether (sulfide) groups is 1. The second kappa shape index (κ2) is 9.38. The Bertz CT molecular complexity index is 1270. The summed E-state index contributed by atoms with van der Waals surface area (Å²) in [6.45, 7) is 0. The van der Waals surface area contributed by atoms with Crippen molar-refractivity contribution in [2.45, 2.75) is 29.9 Å². The number of rotatable bonds is 7. The quantitative estimate of drug-likeness (QED) is 0.311. The molecule has 1 aliphatic rings. The molecule has 1 fully saturated rings. The minimum Gasteiger partial charge on any atom is -0.431 e. The van der Waals surface area contributed by atoms with Crippen LogP contribution >= 0.6 is 11.8 Å². The third-order valence-electron chi connectivity index (χ3n) is 5.20. The van der Waals surface area contributed by atoms with Gasteiger partial charge in [-0.15, -0.1) is 0 Å². The van der Waals surface area contributed by atoms with Crippen LogP contribution in [0.1, 0.15) is 28.8 Å². The van der Waals surface area contributed by atoms with Gasteiger partial charge >= 0.3 is 6.03 Å². The first-order valence-electron chi connectivity index (χ1n) is 10.7. The lowest BCUT2D eigenvalue weighted by Crippen LogP contribution is -2.30. The average Bonchev–Trinajstić information content (AvgIpc) is 3.53. The standard InChI is InChI=1S/C25H22N4O3S/c30-23(26-17-9-11-18(12-10-17)27-24(31)28-19-13-14-19)20-6-2-1-5-16(20)15-33-25-29-21-7-3-4-8-22(21)32-25/h1-12,19H,13-15H2,(H,26,30)(H2,27,28,31). The molecule has 166 valence electrons. The van der Waals surface area contributed by atoms with E-state index in [1.807, 2.05) is 42.5 Å². The summed E-state index contributed by atoms with van der Waals surface area (Å²) in [6, 6.07) is 22.2. The predicted octanol–water partition coefficient (Wildman–Crippen LogP) is 5.66. The first kappa shape index (κ1) is 21.1. The van der Waals surface area contributed by atoms with Gasteiger partial charge in [0.15, 0.2) is 5.58 Å². The second-order valence-corrected chi connectivity index (χ2v) is 8.72. The van der Waals surface area contributed by atoms with Crippen molar-refractivity contribution in [2.24, 2.45) is 0 Å². The first-order valence-corrected chi connectivity index (χ1v) is 11.7. The van der Waals surface area contributed by atoms with Crippen molar-refractivity contribution >= 4 is 46.2 Å². The maximum absolute atomic E-state index is 12.9. The van der Waals surface area contributed by atoms with Crippen molar-refractivity contribution in [1.29, 1.82) is 0 Å². The van der Waals surface area contributed by atoms with Gasteiger partial charge in [-0.25, -0.2) is 9.78 Å². The fraction of sp³-hybridized carbons (Fsp3) is 0.160. The monoisotopic (exact) mass is 458 g/mol. The molecule has 0 saturated heterocycles. The molecule has 1 aliphatic carbocycles. The summed E-state index contributed by atoms with van der Waals surface area (Å²) in [5.41, 5.74) is 4.35. The Morgan fingerprint density at radius 2 is 1.61 bits per heavy atom. The Hall–Kier alpha value is -3.78. The Morgan fingerprint density at radius 1 is 0.909 bits per heavy atom. The van der Waals surface area contributed by atoms with Crippen LogP contribution in [0.15, 0.2) is 82.4 Å². The van der Waals surface area contributed by atoms with E-state index in [9.17, 15) is 9.59 Å². The van der Waals surface area contributed by atoms with Gasteiger partial charge in [0.1, 0.15) is 5.52 Å². The molecule has 4 aromatic rings. The first-order chi connectivity index (χ1) is 16.1. The molecule has 3 aromatic carbocycles. The number of anilines is 2. The van der Waals surface area contributed by atoms with E-state index in [0.29, 0.717) is 34.0 Å². The number of hydrogen-bond acceptors (Lipinski definition) is 5. The van der Waals surface area contributed by atoms with Crippen molar-refractivity contribution < 1.29 is 14.0 Å². The highest BCUT2D eigenvalue weighted by atomic mass is 32.2. The largest absolute Gasteiger partial charge is 0.431 e. The lowest BCUT2D eigenvalue weighted by molar-refractivity contribution is 0.102. The third kappa shape index (κ3) is 5.35. The van der Waals surface area contributed by atoms with Gasteiger partial charge in [-0.3, -0.25) is 4.79 Å². The number of amides is 3. The topological polar surface area (TPSA) is 96.3 Å². The van der Waals surface area contributed by atoms with Crippen LogP contribution in [0, 0.1) is 0 Å². The summed E-state index contributed by atoms with van der Waals surface area (Å²) >= 11 is 1.45. The molecule has 8 heteroatoms. The zero-order chi connectivity index (χ0) is 22.6. The smallest absolute Gasteiger partial charge is 0.319 e. The number of hydrogen-bond donors (Lipinski definition) is 3. The van der Waals surface area contributed by atoms with E-state index in [1.54, 1.807) is 30.3 Å². The van der Waals surface area contributed by atoms with E-state index in [0.717, 1.165) is 29.5 Å². The third-order valence-corrected chi connectivity index (χ3v) is 6.08.